The van der Waals surface area contributed by atoms with Gasteiger partial charge in [-0.3, -0.25) is 14.8 Å². The van der Waals surface area contributed by atoms with Crippen LogP contribution in [0.3, 0.4) is 0 Å². The summed E-state index contributed by atoms with van der Waals surface area (Å²) >= 11 is 0. The van der Waals surface area contributed by atoms with E-state index in [0.29, 0.717) is 5.69 Å². The van der Waals surface area contributed by atoms with Gasteiger partial charge >= 0.3 is 0 Å². The molecule has 1 aromatic heterocycles. The van der Waals surface area contributed by atoms with Crippen molar-refractivity contribution in [2.24, 2.45) is 7.05 Å². The van der Waals surface area contributed by atoms with Gasteiger partial charge in [0.15, 0.2) is 0 Å². The zero-order valence-corrected chi connectivity index (χ0v) is 6.44. The summed E-state index contributed by atoms with van der Waals surface area (Å²) in [6, 6.07) is 1.71. The first-order chi connectivity index (χ1) is 5.09. The molecule has 0 spiro atoms. The fourth-order valence-electron chi connectivity index (χ4n) is 0.844. The smallest absolute Gasteiger partial charge is 0.247 e. The molecule has 0 bridgehead atoms. The first-order valence-electron chi connectivity index (χ1n) is 3.21. The van der Waals surface area contributed by atoms with Gasteiger partial charge in [0.2, 0.25) is 6.54 Å². The highest BCUT2D eigenvalue weighted by Gasteiger charge is 2.06. The molecule has 0 fully saturated rings. The van der Waals surface area contributed by atoms with Crippen LogP contribution in [0.4, 0.5) is 0 Å². The Bertz CT molecular complexity index is 260. The lowest BCUT2D eigenvalue weighted by atomic mass is 10.4. The molecule has 5 nitrogen and oxygen atoms in total. The molecule has 0 saturated carbocycles. The summed E-state index contributed by atoms with van der Waals surface area (Å²) in [5.41, 5.74) is 1.44. The monoisotopic (exact) mass is 155 g/mol. The lowest BCUT2D eigenvalue weighted by Gasteiger charge is -1.88. The van der Waals surface area contributed by atoms with E-state index in [-0.39, 0.29) is 11.5 Å². The maximum absolute atomic E-state index is 10.0. The SMILES string of the molecule is Cc1cc(C[N+](=O)[O-])nn1C. The van der Waals surface area contributed by atoms with Crippen molar-refractivity contribution < 1.29 is 4.92 Å². The molecule has 0 aliphatic heterocycles. The van der Waals surface area contributed by atoms with Crippen LogP contribution in [0.5, 0.6) is 0 Å². The average Bonchev–Trinajstić information content (AvgIpc) is 2.10. The molecule has 0 amide bonds. The normalized spacial score (nSPS) is 10.0. The van der Waals surface area contributed by atoms with E-state index in [2.05, 4.69) is 5.10 Å². The topological polar surface area (TPSA) is 61.0 Å². The van der Waals surface area contributed by atoms with Gasteiger partial charge in [0.05, 0.1) is 0 Å². The highest BCUT2D eigenvalue weighted by molar-refractivity contribution is 5.06. The Morgan fingerprint density at radius 1 is 1.82 bits per heavy atom. The Balaban J connectivity index is 2.81. The van der Waals surface area contributed by atoms with Gasteiger partial charge in [-0.2, -0.15) is 5.10 Å². The molecule has 0 N–H and O–H groups in total. The number of nitrogens with zero attached hydrogens (tertiary/aromatic N) is 3. The number of hydrogen-bond acceptors (Lipinski definition) is 3. The second-order valence-corrected chi connectivity index (χ2v) is 2.39. The lowest BCUT2D eigenvalue weighted by molar-refractivity contribution is -0.497. The minimum absolute atomic E-state index is 0.193. The Labute approximate surface area is 63.8 Å². The molecule has 11 heavy (non-hydrogen) atoms. The fraction of sp³-hybridized carbons (Fsp3) is 0.500. The maximum Gasteiger partial charge on any atom is 0.247 e. The van der Waals surface area contributed by atoms with Crippen LogP contribution in [0, 0.1) is 17.0 Å². The second kappa shape index (κ2) is 2.69. The molecule has 0 aromatic carbocycles. The Hall–Kier alpha value is -1.39. The van der Waals surface area contributed by atoms with E-state index in [1.165, 1.54) is 0 Å². The van der Waals surface area contributed by atoms with Gasteiger partial charge in [-0.25, -0.2) is 0 Å². The van der Waals surface area contributed by atoms with Crippen molar-refractivity contribution in [3.63, 3.8) is 0 Å². The van der Waals surface area contributed by atoms with E-state index in [9.17, 15) is 10.1 Å². The van der Waals surface area contributed by atoms with Crippen LogP contribution in [0.25, 0.3) is 0 Å². The molecule has 0 aliphatic carbocycles. The Morgan fingerprint density at radius 2 is 2.45 bits per heavy atom. The molecule has 60 valence electrons. The molecular formula is C6H9N3O2. The van der Waals surface area contributed by atoms with Crippen LogP contribution < -0.4 is 0 Å². The summed E-state index contributed by atoms with van der Waals surface area (Å²) in [5, 5.41) is 14.0. The van der Waals surface area contributed by atoms with E-state index in [0.717, 1.165) is 5.69 Å². The van der Waals surface area contributed by atoms with Crippen molar-refractivity contribution >= 4 is 0 Å². The van der Waals surface area contributed by atoms with E-state index < -0.39 is 0 Å². The third kappa shape index (κ3) is 1.76. The van der Waals surface area contributed by atoms with Crippen molar-refractivity contribution in [1.29, 1.82) is 0 Å². The quantitative estimate of drug-likeness (QED) is 0.461. The van der Waals surface area contributed by atoms with Crippen molar-refractivity contribution in [1.82, 2.24) is 9.78 Å². The zero-order valence-electron chi connectivity index (χ0n) is 6.44. The van der Waals surface area contributed by atoms with Gasteiger partial charge in [0, 0.05) is 17.7 Å². The lowest BCUT2D eigenvalue weighted by Crippen LogP contribution is -2.00. The highest BCUT2D eigenvalue weighted by atomic mass is 16.6. The van der Waals surface area contributed by atoms with Crippen LogP contribution in [0.2, 0.25) is 0 Å². The Morgan fingerprint density at radius 3 is 2.82 bits per heavy atom. The third-order valence-electron chi connectivity index (χ3n) is 1.46. The summed E-state index contributed by atoms with van der Waals surface area (Å²) in [4.78, 5) is 9.66. The predicted molar refractivity (Wildman–Crippen MR) is 38.6 cm³/mol. The third-order valence-corrected chi connectivity index (χ3v) is 1.46. The summed E-state index contributed by atoms with van der Waals surface area (Å²) in [7, 11) is 1.76. The zero-order chi connectivity index (χ0) is 8.43. The van der Waals surface area contributed by atoms with Crippen molar-refractivity contribution in [2.75, 3.05) is 0 Å². The molecular weight excluding hydrogens is 146 g/mol. The molecule has 1 heterocycles. The first-order valence-corrected chi connectivity index (χ1v) is 3.21. The van der Waals surface area contributed by atoms with Gasteiger partial charge in [-0.1, -0.05) is 0 Å². The van der Waals surface area contributed by atoms with Crippen molar-refractivity contribution in [3.05, 3.63) is 27.6 Å². The largest absolute Gasteiger partial charge is 0.272 e. The molecule has 0 radical (unpaired) electrons. The molecule has 1 rings (SSSR count). The van der Waals surface area contributed by atoms with Crippen molar-refractivity contribution in [3.8, 4) is 0 Å². The minimum Gasteiger partial charge on any atom is -0.272 e. The highest BCUT2D eigenvalue weighted by Crippen LogP contribution is 2.01. The van der Waals surface area contributed by atoms with Gasteiger partial charge in [-0.05, 0) is 13.0 Å². The van der Waals surface area contributed by atoms with E-state index in [4.69, 9.17) is 0 Å². The fourth-order valence-corrected chi connectivity index (χ4v) is 0.844. The molecule has 0 saturated heterocycles. The number of aryl methyl sites for hydroxylation is 2. The van der Waals surface area contributed by atoms with E-state index in [1.54, 1.807) is 17.8 Å². The van der Waals surface area contributed by atoms with Gasteiger partial charge in [0.1, 0.15) is 5.69 Å². The number of nitro groups is 1. The summed E-state index contributed by atoms with van der Waals surface area (Å²) in [5.74, 6) is 0. The summed E-state index contributed by atoms with van der Waals surface area (Å²) < 4.78 is 1.62. The Kier molecular flexibility index (Phi) is 1.89. The summed E-state index contributed by atoms with van der Waals surface area (Å²) in [6.07, 6.45) is 0. The van der Waals surface area contributed by atoms with Crippen LogP contribution in [-0.2, 0) is 13.6 Å². The molecule has 0 aliphatic rings. The maximum atomic E-state index is 10.0. The van der Waals surface area contributed by atoms with Crippen LogP contribution >= 0.6 is 0 Å². The molecule has 1 aromatic rings. The first kappa shape index (κ1) is 7.71. The van der Waals surface area contributed by atoms with Crippen LogP contribution in [0.1, 0.15) is 11.4 Å². The van der Waals surface area contributed by atoms with Gasteiger partial charge in [-0.15, -0.1) is 0 Å². The standard InChI is InChI=1S/C6H9N3O2/c1-5-3-6(4-9(10)11)7-8(5)2/h3H,4H2,1-2H3. The van der Waals surface area contributed by atoms with Crippen LogP contribution in [0.15, 0.2) is 6.07 Å². The van der Waals surface area contributed by atoms with E-state index >= 15 is 0 Å². The number of hydrogen-bond donors (Lipinski definition) is 0. The second-order valence-electron chi connectivity index (χ2n) is 2.39. The van der Waals surface area contributed by atoms with Crippen LogP contribution in [-0.4, -0.2) is 14.7 Å². The number of aromatic nitrogens is 2. The van der Waals surface area contributed by atoms with Gasteiger partial charge < -0.3 is 0 Å². The summed E-state index contributed by atoms with van der Waals surface area (Å²) in [6.45, 7) is 1.66. The van der Waals surface area contributed by atoms with E-state index in [1.807, 2.05) is 6.92 Å². The average molecular weight is 155 g/mol. The predicted octanol–water partition coefficient (Wildman–Crippen LogP) is 0.505. The molecule has 0 unspecified atom stereocenters. The molecule has 5 heteroatoms. The molecule has 0 atom stereocenters. The minimum atomic E-state index is -0.387. The number of rotatable bonds is 2. The van der Waals surface area contributed by atoms with Crippen molar-refractivity contribution in [2.45, 2.75) is 13.5 Å². The van der Waals surface area contributed by atoms with Gasteiger partial charge in [0.25, 0.3) is 0 Å².